The molecule has 0 unspecified atom stereocenters. The van der Waals surface area contributed by atoms with Gasteiger partial charge in [0.05, 0.1) is 17.9 Å². The van der Waals surface area contributed by atoms with Gasteiger partial charge in [-0.25, -0.2) is 9.18 Å². The SMILES string of the molecule is C=C=C[C@]1(OC(=O)c2ccccc2)[C@H](N2C=CC(=O)CC2=O)O[C@](F)(CO)[C@H]1C. The van der Waals surface area contributed by atoms with E-state index in [0.29, 0.717) is 0 Å². The highest BCUT2D eigenvalue weighted by molar-refractivity contribution is 6.06. The zero-order chi connectivity index (χ0) is 21.2. The van der Waals surface area contributed by atoms with Crippen LogP contribution in [-0.2, 0) is 19.1 Å². The molecular weight excluding hydrogens is 381 g/mol. The largest absolute Gasteiger partial charge is 0.445 e. The third-order valence-electron chi connectivity index (χ3n) is 5.13. The second kappa shape index (κ2) is 7.75. The van der Waals surface area contributed by atoms with Crippen LogP contribution in [0.3, 0.4) is 0 Å². The Morgan fingerprint density at radius 2 is 2.14 bits per heavy atom. The van der Waals surface area contributed by atoms with Gasteiger partial charge in [-0.3, -0.25) is 14.5 Å². The summed E-state index contributed by atoms with van der Waals surface area (Å²) >= 11 is 0. The van der Waals surface area contributed by atoms with E-state index in [1.807, 2.05) is 0 Å². The van der Waals surface area contributed by atoms with Crippen LogP contribution in [0, 0.1) is 5.92 Å². The molecule has 152 valence electrons. The van der Waals surface area contributed by atoms with Gasteiger partial charge in [0.25, 0.3) is 0 Å². The number of allylic oxidation sites excluding steroid dienone is 1. The van der Waals surface area contributed by atoms with Gasteiger partial charge < -0.3 is 14.6 Å². The van der Waals surface area contributed by atoms with E-state index >= 15 is 4.39 Å². The fraction of sp³-hybridized carbons (Fsp3) is 0.333. The molecule has 1 N–H and O–H groups in total. The lowest BCUT2D eigenvalue weighted by Crippen LogP contribution is -2.55. The van der Waals surface area contributed by atoms with E-state index in [-0.39, 0.29) is 5.56 Å². The van der Waals surface area contributed by atoms with Crippen LogP contribution in [0.4, 0.5) is 4.39 Å². The summed E-state index contributed by atoms with van der Waals surface area (Å²) in [6.45, 7) is 3.82. The summed E-state index contributed by atoms with van der Waals surface area (Å²) in [6.07, 6.45) is 1.58. The van der Waals surface area contributed by atoms with Crippen molar-refractivity contribution in [1.82, 2.24) is 4.90 Å². The van der Waals surface area contributed by atoms with E-state index in [0.717, 1.165) is 17.2 Å². The monoisotopic (exact) mass is 401 g/mol. The molecule has 2 aliphatic rings. The molecule has 2 heterocycles. The average Bonchev–Trinajstić information content (AvgIpc) is 2.92. The summed E-state index contributed by atoms with van der Waals surface area (Å²) in [7, 11) is 0. The third kappa shape index (κ3) is 3.53. The Kier molecular flexibility index (Phi) is 5.53. The summed E-state index contributed by atoms with van der Waals surface area (Å²) in [5.41, 5.74) is 0.828. The van der Waals surface area contributed by atoms with Gasteiger partial charge in [-0.05, 0) is 18.2 Å². The van der Waals surface area contributed by atoms with E-state index in [1.54, 1.807) is 18.2 Å². The first-order chi connectivity index (χ1) is 13.8. The Balaban J connectivity index is 2.09. The molecule has 3 rings (SSSR count). The van der Waals surface area contributed by atoms with Crippen molar-refractivity contribution < 1.29 is 33.4 Å². The highest BCUT2D eigenvalue weighted by Gasteiger charge is 2.66. The van der Waals surface area contributed by atoms with Crippen molar-refractivity contribution in [3.05, 3.63) is 66.6 Å². The molecule has 0 bridgehead atoms. The van der Waals surface area contributed by atoms with Crippen molar-refractivity contribution >= 4 is 17.7 Å². The minimum absolute atomic E-state index is 0.200. The predicted molar refractivity (Wildman–Crippen MR) is 98.9 cm³/mol. The van der Waals surface area contributed by atoms with Gasteiger partial charge in [0.15, 0.2) is 17.6 Å². The van der Waals surface area contributed by atoms with Crippen molar-refractivity contribution in [2.75, 3.05) is 6.61 Å². The van der Waals surface area contributed by atoms with Crippen LogP contribution in [0.1, 0.15) is 23.7 Å². The summed E-state index contributed by atoms with van der Waals surface area (Å²) in [4.78, 5) is 37.7. The number of halogens is 1. The van der Waals surface area contributed by atoms with Crippen molar-refractivity contribution in [1.29, 1.82) is 0 Å². The highest BCUT2D eigenvalue weighted by Crippen LogP contribution is 2.49. The Hall–Kier alpha value is -3.06. The number of ether oxygens (including phenoxy) is 2. The molecule has 0 radical (unpaired) electrons. The maximum absolute atomic E-state index is 15.4. The zero-order valence-electron chi connectivity index (χ0n) is 15.7. The standard InChI is InChI=1S/C21H20FNO6/c1-3-10-20(28-18(27)15-7-5-4-6-8-15)14(2)21(22,13-24)29-19(20)23-11-9-16(25)12-17(23)26/h4-11,14,19,24H,1,12-13H2,2H3/t14-,19+,20+,21+/m0/s1. The van der Waals surface area contributed by atoms with Gasteiger partial charge in [0, 0.05) is 12.3 Å². The van der Waals surface area contributed by atoms with Gasteiger partial charge in [0.1, 0.15) is 6.61 Å². The maximum atomic E-state index is 15.4. The predicted octanol–water partition coefficient (Wildman–Crippen LogP) is 1.89. The number of carbonyl (C=O) groups is 3. The molecule has 1 saturated heterocycles. The van der Waals surface area contributed by atoms with Crippen LogP contribution in [0.2, 0.25) is 0 Å². The molecule has 1 fully saturated rings. The van der Waals surface area contributed by atoms with Crippen LogP contribution < -0.4 is 0 Å². The van der Waals surface area contributed by atoms with Crippen molar-refractivity contribution in [2.24, 2.45) is 5.92 Å². The van der Waals surface area contributed by atoms with Crippen LogP contribution in [0.25, 0.3) is 0 Å². The third-order valence-corrected chi connectivity index (χ3v) is 5.13. The molecule has 0 spiro atoms. The Bertz CT molecular complexity index is 909. The van der Waals surface area contributed by atoms with E-state index in [4.69, 9.17) is 9.47 Å². The van der Waals surface area contributed by atoms with Gasteiger partial charge in [-0.15, -0.1) is 5.73 Å². The lowest BCUT2D eigenvalue weighted by Gasteiger charge is -2.38. The molecular formula is C21H20FNO6. The lowest BCUT2D eigenvalue weighted by atomic mass is 9.84. The molecule has 8 heteroatoms. The van der Waals surface area contributed by atoms with Crippen molar-refractivity contribution in [2.45, 2.75) is 31.0 Å². The van der Waals surface area contributed by atoms with Crippen LogP contribution in [0.15, 0.2) is 61.0 Å². The zero-order valence-corrected chi connectivity index (χ0v) is 15.7. The summed E-state index contributed by atoms with van der Waals surface area (Å²) < 4.78 is 26.5. The molecule has 0 aliphatic carbocycles. The van der Waals surface area contributed by atoms with E-state index in [2.05, 4.69) is 12.3 Å². The molecule has 29 heavy (non-hydrogen) atoms. The highest BCUT2D eigenvalue weighted by atomic mass is 19.2. The Labute approximate surface area is 166 Å². The van der Waals surface area contributed by atoms with Crippen LogP contribution in [-0.4, -0.2) is 52.0 Å². The number of nitrogens with zero attached hydrogens (tertiary/aromatic N) is 1. The van der Waals surface area contributed by atoms with Gasteiger partial charge in [0.2, 0.25) is 11.8 Å². The number of amides is 1. The first-order valence-electron chi connectivity index (χ1n) is 8.92. The average molecular weight is 401 g/mol. The smallest absolute Gasteiger partial charge is 0.339 e. The summed E-state index contributed by atoms with van der Waals surface area (Å²) in [5, 5.41) is 9.61. The molecule has 7 nitrogen and oxygen atoms in total. The molecule has 1 aromatic rings. The van der Waals surface area contributed by atoms with Crippen LogP contribution in [0.5, 0.6) is 0 Å². The number of aliphatic hydroxyl groups is 1. The number of hydrogen-bond acceptors (Lipinski definition) is 6. The molecule has 2 aliphatic heterocycles. The summed E-state index contributed by atoms with van der Waals surface area (Å²) in [6, 6.07) is 8.01. The van der Waals surface area contributed by atoms with Gasteiger partial charge >= 0.3 is 5.97 Å². The van der Waals surface area contributed by atoms with Gasteiger partial charge in [-0.2, -0.15) is 0 Å². The number of benzene rings is 1. The first kappa shape index (κ1) is 20.7. The van der Waals surface area contributed by atoms with Gasteiger partial charge in [-0.1, -0.05) is 31.7 Å². The maximum Gasteiger partial charge on any atom is 0.339 e. The number of carbonyl (C=O) groups excluding carboxylic acids is 3. The molecule has 1 aromatic carbocycles. The fourth-order valence-corrected chi connectivity index (χ4v) is 3.45. The quantitative estimate of drug-likeness (QED) is 0.460. The molecule has 0 saturated carbocycles. The molecule has 0 aromatic heterocycles. The molecule has 4 atom stereocenters. The van der Waals surface area contributed by atoms with E-state index in [1.165, 1.54) is 25.1 Å². The number of ketones is 1. The topological polar surface area (TPSA) is 93.1 Å². The number of esters is 1. The second-order valence-electron chi connectivity index (χ2n) is 6.85. The summed E-state index contributed by atoms with van der Waals surface area (Å²) in [5.74, 6) is -5.72. The second-order valence-corrected chi connectivity index (χ2v) is 6.85. The number of aliphatic hydroxyl groups excluding tert-OH is 1. The Morgan fingerprint density at radius 3 is 2.72 bits per heavy atom. The Morgan fingerprint density at radius 1 is 1.45 bits per heavy atom. The lowest BCUT2D eigenvalue weighted by molar-refractivity contribution is -0.203. The van der Waals surface area contributed by atoms with E-state index < -0.39 is 54.3 Å². The minimum Gasteiger partial charge on any atom is -0.445 e. The fourth-order valence-electron chi connectivity index (χ4n) is 3.45. The minimum atomic E-state index is -2.62. The van der Waals surface area contributed by atoms with Crippen molar-refractivity contribution in [3.8, 4) is 0 Å². The molecule has 1 amide bonds. The number of hydrogen-bond donors (Lipinski definition) is 1. The van der Waals surface area contributed by atoms with Crippen molar-refractivity contribution in [3.63, 3.8) is 0 Å². The first-order valence-corrected chi connectivity index (χ1v) is 8.92. The normalized spacial score (nSPS) is 31.5. The van der Waals surface area contributed by atoms with E-state index in [9.17, 15) is 19.5 Å². The number of rotatable bonds is 5. The van der Waals surface area contributed by atoms with Crippen LogP contribution >= 0.6 is 0 Å². The number of alkyl halides is 1.